The highest BCUT2D eigenvalue weighted by Gasteiger charge is 2.35. The summed E-state index contributed by atoms with van der Waals surface area (Å²) < 4.78 is 68.1. The summed E-state index contributed by atoms with van der Waals surface area (Å²) in [5.41, 5.74) is -0.718. The molecule has 0 aromatic carbocycles. The topological polar surface area (TPSA) is 168 Å². The summed E-state index contributed by atoms with van der Waals surface area (Å²) >= 11 is 0. The van der Waals surface area contributed by atoms with Crippen LogP contribution in [0.2, 0.25) is 0 Å². The van der Waals surface area contributed by atoms with Crippen LogP contribution < -0.4 is 9.29 Å². The number of ether oxygens (including phenoxy) is 2. The highest BCUT2D eigenvalue weighted by molar-refractivity contribution is 7.90. The molecule has 4 heterocycles. The van der Waals surface area contributed by atoms with Crippen LogP contribution in [-0.4, -0.2) is 120 Å². The highest BCUT2D eigenvalue weighted by Crippen LogP contribution is 2.16. The molecule has 0 radical (unpaired) electrons. The first-order chi connectivity index (χ1) is 20.8. The minimum absolute atomic E-state index is 0.217. The van der Waals surface area contributed by atoms with Gasteiger partial charge in [-0.3, -0.25) is 9.71 Å². The van der Waals surface area contributed by atoms with Crippen LogP contribution in [0.5, 0.6) is 0 Å². The second-order valence-electron chi connectivity index (χ2n) is 12.5. The van der Waals surface area contributed by atoms with Crippen LogP contribution >= 0.6 is 0 Å². The minimum Gasteiger partial charge on any atom is -0.444 e. The molecule has 0 spiro atoms. The van der Waals surface area contributed by atoms with Gasteiger partial charge in [0.05, 0.1) is 18.9 Å². The van der Waals surface area contributed by atoms with Crippen LogP contribution in [0.15, 0.2) is 43.2 Å². The van der Waals surface area contributed by atoms with E-state index >= 15 is 0 Å². The van der Waals surface area contributed by atoms with Crippen molar-refractivity contribution in [2.24, 2.45) is 7.05 Å². The largest absolute Gasteiger partial charge is 0.444 e. The van der Waals surface area contributed by atoms with Crippen LogP contribution in [0.1, 0.15) is 41.5 Å². The molecule has 2 fully saturated rings. The van der Waals surface area contributed by atoms with Crippen LogP contribution in [0.4, 0.5) is 15.3 Å². The van der Waals surface area contributed by atoms with Crippen molar-refractivity contribution in [1.29, 1.82) is 0 Å². The number of carbonyl (C=O) groups is 2. The van der Waals surface area contributed by atoms with Gasteiger partial charge >= 0.3 is 32.6 Å². The number of imidazole rings is 1. The minimum atomic E-state index is -3.66. The number of nitrogens with one attached hydrogen (secondary N) is 1. The summed E-state index contributed by atoms with van der Waals surface area (Å²) in [5, 5.41) is 0. The van der Waals surface area contributed by atoms with E-state index in [0.717, 1.165) is 0 Å². The number of nitrogens with zero attached hydrogens (tertiary/aromatic N) is 7. The fourth-order valence-corrected chi connectivity index (χ4v) is 6.76. The Balaban J connectivity index is 0.000000246. The molecule has 2 aliphatic rings. The zero-order valence-corrected chi connectivity index (χ0v) is 28.5. The quantitative estimate of drug-likeness (QED) is 0.460. The van der Waals surface area contributed by atoms with E-state index in [4.69, 9.17) is 9.47 Å². The molecule has 0 aliphatic carbocycles. The predicted molar refractivity (Wildman–Crippen MR) is 165 cm³/mol. The van der Waals surface area contributed by atoms with Crippen molar-refractivity contribution in [3.8, 4) is 0 Å². The third-order valence-corrected chi connectivity index (χ3v) is 9.67. The molecule has 16 nitrogen and oxygen atoms in total. The number of amides is 2. The van der Waals surface area contributed by atoms with Gasteiger partial charge in [-0.05, 0) is 53.7 Å². The summed E-state index contributed by atoms with van der Waals surface area (Å²) in [6, 6.07) is 3.28. The second-order valence-corrected chi connectivity index (χ2v) is 16.0. The normalized spacial score (nSPS) is 17.2. The Morgan fingerprint density at radius 3 is 1.71 bits per heavy atom. The summed E-state index contributed by atoms with van der Waals surface area (Å²) in [6.45, 7) is 13.0. The molecule has 252 valence electrons. The maximum atomic E-state index is 12.4. The Hall–Kier alpha value is -3.48. The van der Waals surface area contributed by atoms with E-state index in [1.165, 1.54) is 41.1 Å². The molecule has 0 atom stereocenters. The maximum absolute atomic E-state index is 12.4. The number of pyridine rings is 1. The first-order valence-corrected chi connectivity index (χ1v) is 17.3. The van der Waals surface area contributed by atoms with Gasteiger partial charge in [0, 0.05) is 58.6 Å². The third kappa shape index (κ3) is 10.8. The number of hydrogen-bond acceptors (Lipinski definition) is 9. The summed E-state index contributed by atoms with van der Waals surface area (Å²) in [6.07, 6.45) is 6.83. The van der Waals surface area contributed by atoms with Gasteiger partial charge in [-0.1, -0.05) is 0 Å². The average Bonchev–Trinajstić information content (AvgIpc) is 3.39. The Bertz CT molecular complexity index is 1500. The molecule has 45 heavy (non-hydrogen) atoms. The van der Waals surface area contributed by atoms with Crippen molar-refractivity contribution >= 4 is 38.3 Å². The van der Waals surface area contributed by atoms with Gasteiger partial charge in [0.1, 0.15) is 23.6 Å². The van der Waals surface area contributed by atoms with Gasteiger partial charge in [0.2, 0.25) is 0 Å². The molecule has 2 aromatic heterocycles. The molecule has 4 rings (SSSR count). The monoisotopic (exact) mass is 673 g/mol. The lowest BCUT2D eigenvalue weighted by Gasteiger charge is -2.34. The second kappa shape index (κ2) is 14.3. The van der Waals surface area contributed by atoms with Crippen molar-refractivity contribution in [3.63, 3.8) is 0 Å². The van der Waals surface area contributed by atoms with E-state index in [9.17, 15) is 26.4 Å². The molecule has 2 saturated heterocycles. The van der Waals surface area contributed by atoms with Crippen molar-refractivity contribution in [2.75, 3.05) is 57.1 Å². The van der Waals surface area contributed by atoms with Crippen LogP contribution in [-0.2, 0) is 36.9 Å². The summed E-state index contributed by atoms with van der Waals surface area (Å²) in [5.74, 6) is 0. The zero-order chi connectivity index (χ0) is 33.6. The Kier molecular flexibility index (Phi) is 11.4. The average molecular weight is 674 g/mol. The maximum Gasteiger partial charge on any atom is 0.410 e. The summed E-state index contributed by atoms with van der Waals surface area (Å²) in [4.78, 5) is 30.9. The third-order valence-electron chi connectivity index (χ3n) is 6.37. The molecule has 2 aliphatic heterocycles. The predicted octanol–water partition coefficient (Wildman–Crippen LogP) is 1.25. The number of anilines is 1. The molecular formula is C27H45N8O8S2+. The lowest BCUT2D eigenvalue weighted by atomic mass is 10.2. The molecular weight excluding hydrogens is 628 g/mol. The molecule has 0 saturated carbocycles. The number of carbonyl (C=O) groups excluding carboxylic acids is 2. The number of hydrogen-bond donors (Lipinski definition) is 1. The number of aromatic nitrogens is 3. The summed E-state index contributed by atoms with van der Waals surface area (Å²) in [7, 11) is -5.47. The van der Waals surface area contributed by atoms with Crippen LogP contribution in [0, 0.1) is 0 Å². The van der Waals surface area contributed by atoms with E-state index in [1.54, 1.807) is 77.7 Å². The number of aryl methyl sites for hydroxylation is 1. The van der Waals surface area contributed by atoms with Crippen LogP contribution in [0.25, 0.3) is 0 Å². The van der Waals surface area contributed by atoms with Crippen molar-refractivity contribution < 1.29 is 40.5 Å². The van der Waals surface area contributed by atoms with Gasteiger partial charge in [0.25, 0.3) is 6.33 Å². The van der Waals surface area contributed by atoms with Gasteiger partial charge in [-0.2, -0.15) is 25.4 Å². The smallest absolute Gasteiger partial charge is 0.410 e. The molecule has 0 bridgehead atoms. The Labute approximate surface area is 265 Å². The first-order valence-electron chi connectivity index (χ1n) is 14.4. The van der Waals surface area contributed by atoms with E-state index < -0.39 is 43.8 Å². The van der Waals surface area contributed by atoms with Crippen molar-refractivity contribution in [2.45, 2.75) is 52.7 Å². The van der Waals surface area contributed by atoms with Crippen molar-refractivity contribution in [1.82, 2.24) is 27.4 Å². The number of piperazine rings is 2. The molecule has 2 amide bonds. The van der Waals surface area contributed by atoms with E-state index in [-0.39, 0.29) is 26.2 Å². The molecule has 2 aromatic rings. The molecule has 1 N–H and O–H groups in total. The SMILES string of the molecule is CC(C)(C)OC(=O)N1CCN(S(=O)(=O)Nc2cccnc2)CC1.C[n+]1ccn(S(=O)(=O)N2CCN(C(=O)OC(C)(C)C)CC2)c1. The first kappa shape index (κ1) is 36.0. The van der Waals surface area contributed by atoms with Gasteiger partial charge in [-0.15, -0.1) is 3.97 Å². The number of rotatable bonds is 5. The van der Waals surface area contributed by atoms with Gasteiger partial charge in [0.15, 0.2) is 0 Å². The van der Waals surface area contributed by atoms with E-state index in [2.05, 4.69) is 9.71 Å². The zero-order valence-electron chi connectivity index (χ0n) is 26.9. The van der Waals surface area contributed by atoms with Crippen LogP contribution in [0.3, 0.4) is 0 Å². The standard InChI is InChI=1S/C14H22N4O4S.C13H23N4O4S/c1-14(2,3)22-13(19)17-7-9-18(10-8-17)23(20,21)16-12-5-4-6-15-11-12;1-13(2,3)21-12(18)15-6-9-16(10-7-15)22(19,20)17-8-5-14(4)11-17/h4-6,11,16H,7-10H2,1-3H3;5,8,11H,6-7,9-10H2,1-4H3/q;+1. The van der Waals surface area contributed by atoms with E-state index in [0.29, 0.717) is 31.9 Å². The Morgan fingerprint density at radius 1 is 0.822 bits per heavy atom. The fourth-order valence-electron chi connectivity index (χ4n) is 4.20. The molecule has 18 heteroatoms. The lowest BCUT2D eigenvalue weighted by molar-refractivity contribution is -0.670. The fraction of sp³-hybridized carbons (Fsp3) is 0.630. The van der Waals surface area contributed by atoms with E-state index in [1.807, 2.05) is 0 Å². The lowest BCUT2D eigenvalue weighted by Crippen LogP contribution is -2.52. The Morgan fingerprint density at radius 2 is 1.31 bits per heavy atom. The van der Waals surface area contributed by atoms with Gasteiger partial charge < -0.3 is 19.3 Å². The molecule has 0 unspecified atom stereocenters. The van der Waals surface area contributed by atoms with Gasteiger partial charge in [-0.25, -0.2) is 14.2 Å². The van der Waals surface area contributed by atoms with Crippen molar-refractivity contribution in [3.05, 3.63) is 43.2 Å². The highest BCUT2D eigenvalue weighted by atomic mass is 32.2.